The zero-order valence-corrected chi connectivity index (χ0v) is 6.77. The second-order valence-corrected chi connectivity index (χ2v) is 2.51. The van der Waals surface area contributed by atoms with Crippen molar-refractivity contribution in [2.75, 3.05) is 0 Å². The molecule has 0 atom stereocenters. The van der Waals surface area contributed by atoms with Gasteiger partial charge in [-0.3, -0.25) is 9.78 Å². The largest absolute Gasteiger partial charge is 0.313 e. The van der Waals surface area contributed by atoms with Crippen LogP contribution < -0.4 is 5.56 Å². The summed E-state index contributed by atoms with van der Waals surface area (Å²) in [6, 6.07) is 6.89. The van der Waals surface area contributed by atoms with Crippen molar-refractivity contribution in [2.45, 2.75) is 0 Å². The second kappa shape index (κ2) is 3.18. The van der Waals surface area contributed by atoms with Crippen LogP contribution in [-0.4, -0.2) is 15.0 Å². The Morgan fingerprint density at radius 2 is 2.08 bits per heavy atom. The Kier molecular flexibility index (Phi) is 1.88. The lowest BCUT2D eigenvalue weighted by Gasteiger charge is -1.96. The Hall–Kier alpha value is -1.97. The molecule has 0 spiro atoms. The molecule has 13 heavy (non-hydrogen) atoms. The van der Waals surface area contributed by atoms with Crippen LogP contribution in [-0.2, 0) is 0 Å². The third-order valence-corrected chi connectivity index (χ3v) is 1.61. The van der Waals surface area contributed by atoms with Crippen molar-refractivity contribution in [3.05, 3.63) is 47.1 Å². The topological polar surface area (TPSA) is 58.6 Å². The van der Waals surface area contributed by atoms with Crippen LogP contribution in [0, 0.1) is 0 Å². The summed E-state index contributed by atoms with van der Waals surface area (Å²) in [6.45, 7) is 0. The lowest BCUT2D eigenvalue weighted by molar-refractivity contribution is 1.11. The van der Waals surface area contributed by atoms with Gasteiger partial charge < -0.3 is 4.98 Å². The van der Waals surface area contributed by atoms with Gasteiger partial charge >= 0.3 is 0 Å². The second-order valence-electron chi connectivity index (χ2n) is 2.51. The molecule has 2 heterocycles. The maximum atomic E-state index is 10.9. The van der Waals surface area contributed by atoms with E-state index in [0.29, 0.717) is 11.4 Å². The molecule has 2 aromatic rings. The Bertz CT molecular complexity index is 450. The highest BCUT2D eigenvalue weighted by Crippen LogP contribution is 2.08. The first-order valence-corrected chi connectivity index (χ1v) is 3.82. The summed E-state index contributed by atoms with van der Waals surface area (Å²) >= 11 is 0. The van der Waals surface area contributed by atoms with E-state index in [1.165, 1.54) is 12.4 Å². The van der Waals surface area contributed by atoms with Gasteiger partial charge in [0, 0.05) is 12.3 Å². The van der Waals surface area contributed by atoms with Crippen LogP contribution in [0.2, 0.25) is 0 Å². The molecule has 64 valence electrons. The molecule has 0 unspecified atom stereocenters. The van der Waals surface area contributed by atoms with Crippen molar-refractivity contribution in [2.24, 2.45) is 0 Å². The first-order valence-electron chi connectivity index (χ1n) is 3.82. The van der Waals surface area contributed by atoms with Crippen LogP contribution in [0.4, 0.5) is 0 Å². The maximum Gasteiger partial charge on any atom is 0.251 e. The van der Waals surface area contributed by atoms with Crippen LogP contribution in [0.3, 0.4) is 0 Å². The Labute approximate surface area is 74.3 Å². The SMILES string of the molecule is O=c1cc(-c2ccccn2)nc[nH]1. The number of nitrogens with zero attached hydrogens (tertiary/aromatic N) is 2. The summed E-state index contributed by atoms with van der Waals surface area (Å²) in [5, 5.41) is 0. The molecule has 1 N–H and O–H groups in total. The quantitative estimate of drug-likeness (QED) is 0.694. The highest BCUT2D eigenvalue weighted by molar-refractivity contribution is 5.52. The Morgan fingerprint density at radius 1 is 1.15 bits per heavy atom. The molecule has 0 saturated heterocycles. The molecule has 0 aliphatic carbocycles. The van der Waals surface area contributed by atoms with Crippen LogP contribution in [0.15, 0.2) is 41.6 Å². The molecule has 0 aliphatic heterocycles. The lowest BCUT2D eigenvalue weighted by Crippen LogP contribution is -2.04. The lowest BCUT2D eigenvalue weighted by atomic mass is 10.3. The Morgan fingerprint density at radius 3 is 2.77 bits per heavy atom. The van der Waals surface area contributed by atoms with E-state index >= 15 is 0 Å². The van der Waals surface area contributed by atoms with Gasteiger partial charge in [0.15, 0.2) is 0 Å². The van der Waals surface area contributed by atoms with E-state index in [4.69, 9.17) is 0 Å². The zero-order chi connectivity index (χ0) is 9.10. The standard InChI is InChI=1S/C9H7N3O/c13-9-5-8(11-6-12-9)7-3-1-2-4-10-7/h1-6H,(H,11,12,13). The number of rotatable bonds is 1. The van der Waals surface area contributed by atoms with Gasteiger partial charge in [0.05, 0.1) is 17.7 Å². The van der Waals surface area contributed by atoms with Crippen LogP contribution >= 0.6 is 0 Å². The summed E-state index contributed by atoms with van der Waals surface area (Å²) in [5.74, 6) is 0. The molecule has 0 saturated carbocycles. The molecule has 0 fully saturated rings. The van der Waals surface area contributed by atoms with E-state index < -0.39 is 0 Å². The van der Waals surface area contributed by atoms with Crippen molar-refractivity contribution in [3.63, 3.8) is 0 Å². The average molecular weight is 173 g/mol. The predicted molar refractivity (Wildman–Crippen MR) is 48.1 cm³/mol. The van der Waals surface area contributed by atoms with Gasteiger partial charge in [0.25, 0.3) is 5.56 Å². The predicted octanol–water partition coefficient (Wildman–Crippen LogP) is 0.832. The van der Waals surface area contributed by atoms with Gasteiger partial charge in [-0.05, 0) is 12.1 Å². The van der Waals surface area contributed by atoms with Gasteiger partial charge in [-0.15, -0.1) is 0 Å². The van der Waals surface area contributed by atoms with Gasteiger partial charge in [0.1, 0.15) is 0 Å². The van der Waals surface area contributed by atoms with Crippen molar-refractivity contribution in [1.82, 2.24) is 15.0 Å². The van der Waals surface area contributed by atoms with E-state index in [1.54, 1.807) is 6.20 Å². The van der Waals surface area contributed by atoms with Gasteiger partial charge in [-0.25, -0.2) is 4.98 Å². The van der Waals surface area contributed by atoms with Crippen molar-refractivity contribution >= 4 is 0 Å². The van der Waals surface area contributed by atoms with Gasteiger partial charge in [-0.2, -0.15) is 0 Å². The fourth-order valence-corrected chi connectivity index (χ4v) is 1.02. The molecule has 2 aromatic heterocycles. The summed E-state index contributed by atoms with van der Waals surface area (Å²) in [6.07, 6.45) is 3.03. The minimum Gasteiger partial charge on any atom is -0.313 e. The number of hydrogen-bond acceptors (Lipinski definition) is 3. The third-order valence-electron chi connectivity index (χ3n) is 1.61. The highest BCUT2D eigenvalue weighted by Gasteiger charge is 1.98. The highest BCUT2D eigenvalue weighted by atomic mass is 16.1. The van der Waals surface area contributed by atoms with E-state index in [2.05, 4.69) is 15.0 Å². The smallest absolute Gasteiger partial charge is 0.251 e. The molecular formula is C9H7N3O. The van der Waals surface area contributed by atoms with E-state index in [0.717, 1.165) is 0 Å². The minimum atomic E-state index is -0.171. The molecular weight excluding hydrogens is 166 g/mol. The fraction of sp³-hybridized carbons (Fsp3) is 0. The van der Waals surface area contributed by atoms with E-state index in [9.17, 15) is 4.79 Å². The molecule has 0 amide bonds. The first-order chi connectivity index (χ1) is 6.36. The normalized spacial score (nSPS) is 9.85. The monoisotopic (exact) mass is 173 g/mol. The molecule has 0 aliphatic rings. The van der Waals surface area contributed by atoms with Crippen molar-refractivity contribution < 1.29 is 0 Å². The van der Waals surface area contributed by atoms with Crippen LogP contribution in [0.5, 0.6) is 0 Å². The molecule has 2 rings (SSSR count). The summed E-state index contributed by atoms with van der Waals surface area (Å²) in [4.78, 5) is 21.5. The van der Waals surface area contributed by atoms with Crippen LogP contribution in [0.1, 0.15) is 0 Å². The maximum absolute atomic E-state index is 10.9. The summed E-state index contributed by atoms with van der Waals surface area (Å²) in [7, 11) is 0. The van der Waals surface area contributed by atoms with Gasteiger partial charge in [-0.1, -0.05) is 6.07 Å². The van der Waals surface area contributed by atoms with E-state index in [-0.39, 0.29) is 5.56 Å². The minimum absolute atomic E-state index is 0.171. The van der Waals surface area contributed by atoms with Crippen molar-refractivity contribution in [3.8, 4) is 11.4 Å². The fourth-order valence-electron chi connectivity index (χ4n) is 1.02. The number of aromatic nitrogens is 3. The number of hydrogen-bond donors (Lipinski definition) is 1. The number of aromatic amines is 1. The third kappa shape index (κ3) is 1.61. The Balaban J connectivity index is 2.54. The zero-order valence-electron chi connectivity index (χ0n) is 6.77. The van der Waals surface area contributed by atoms with Gasteiger partial charge in [0.2, 0.25) is 0 Å². The number of H-pyrrole nitrogens is 1. The van der Waals surface area contributed by atoms with E-state index in [1.807, 2.05) is 18.2 Å². The molecule has 0 aromatic carbocycles. The molecule has 0 radical (unpaired) electrons. The van der Waals surface area contributed by atoms with Crippen molar-refractivity contribution in [1.29, 1.82) is 0 Å². The summed E-state index contributed by atoms with van der Waals surface area (Å²) in [5.41, 5.74) is 1.12. The molecule has 0 bridgehead atoms. The summed E-state index contributed by atoms with van der Waals surface area (Å²) < 4.78 is 0. The number of nitrogens with one attached hydrogen (secondary N) is 1. The first kappa shape index (κ1) is 7.67. The number of pyridine rings is 1. The molecule has 4 nitrogen and oxygen atoms in total. The van der Waals surface area contributed by atoms with Crippen LogP contribution in [0.25, 0.3) is 11.4 Å². The molecule has 4 heteroatoms. The average Bonchev–Trinajstić information content (AvgIpc) is 2.19.